The number of amides is 2. The fourth-order valence-electron chi connectivity index (χ4n) is 2.96. The number of hydrogen-bond acceptors (Lipinski definition) is 6. The van der Waals surface area contributed by atoms with Crippen LogP contribution in [0.3, 0.4) is 0 Å². The van der Waals surface area contributed by atoms with Gasteiger partial charge >= 0.3 is 0 Å². The van der Waals surface area contributed by atoms with Crippen molar-refractivity contribution < 1.29 is 9.59 Å². The van der Waals surface area contributed by atoms with Crippen molar-refractivity contribution in [3.8, 4) is 0 Å². The smallest absolute Gasteiger partial charge is 0.290 e. The van der Waals surface area contributed by atoms with Crippen LogP contribution in [-0.4, -0.2) is 58.7 Å². The first-order valence-corrected chi connectivity index (χ1v) is 7.98. The highest BCUT2D eigenvalue weighted by atomic mass is 16.2. The second kappa shape index (κ2) is 6.81. The van der Waals surface area contributed by atoms with Gasteiger partial charge in [0.2, 0.25) is 5.91 Å². The number of hydrazone groups is 1. The normalized spacial score (nSPS) is 21.5. The van der Waals surface area contributed by atoms with Crippen molar-refractivity contribution in [2.75, 3.05) is 25.0 Å². The molecule has 1 saturated heterocycles. The standard InChI is InChI=1S/C15H20N6O3/c1-20-12(22)5-4-11(19-20)14(23)18-10-3-2-8-21(9-10)13-15(24)17-7-6-16-13/h6-7,10H,2-5,8-9H2,1H3,(H,17,24)(H,18,23)/t10-/m0/s1. The molecule has 24 heavy (non-hydrogen) atoms. The van der Waals surface area contributed by atoms with Crippen molar-refractivity contribution in [3.05, 3.63) is 22.7 Å². The Labute approximate surface area is 138 Å². The lowest BCUT2D eigenvalue weighted by atomic mass is 10.0. The van der Waals surface area contributed by atoms with Crippen molar-refractivity contribution in [1.82, 2.24) is 20.3 Å². The molecule has 1 aromatic rings. The van der Waals surface area contributed by atoms with E-state index in [2.05, 4.69) is 20.4 Å². The zero-order valence-corrected chi connectivity index (χ0v) is 13.5. The lowest BCUT2D eigenvalue weighted by Crippen LogP contribution is -2.51. The summed E-state index contributed by atoms with van der Waals surface area (Å²) in [5.41, 5.74) is 0.131. The number of hydrogen-bond donors (Lipinski definition) is 2. The second-order valence-corrected chi connectivity index (χ2v) is 5.96. The third kappa shape index (κ3) is 3.44. The molecule has 0 spiro atoms. The van der Waals surface area contributed by atoms with Crippen molar-refractivity contribution in [2.24, 2.45) is 5.10 Å². The Morgan fingerprint density at radius 2 is 2.21 bits per heavy atom. The number of nitrogens with zero attached hydrogens (tertiary/aromatic N) is 4. The topological polar surface area (TPSA) is 111 Å². The molecule has 9 heteroatoms. The van der Waals surface area contributed by atoms with E-state index in [4.69, 9.17) is 0 Å². The molecule has 0 aromatic carbocycles. The molecular formula is C15H20N6O3. The molecule has 0 bridgehead atoms. The van der Waals surface area contributed by atoms with Crippen molar-refractivity contribution in [2.45, 2.75) is 31.7 Å². The molecule has 3 rings (SSSR count). The fraction of sp³-hybridized carbons (Fsp3) is 0.533. The van der Waals surface area contributed by atoms with Crippen LogP contribution in [0.25, 0.3) is 0 Å². The molecule has 0 saturated carbocycles. The Kier molecular flexibility index (Phi) is 4.59. The highest BCUT2D eigenvalue weighted by molar-refractivity contribution is 6.39. The molecule has 1 atom stereocenters. The Balaban J connectivity index is 1.65. The monoisotopic (exact) mass is 332 g/mol. The number of aromatic nitrogens is 2. The maximum Gasteiger partial charge on any atom is 0.290 e. The minimum atomic E-state index is -0.254. The minimum absolute atomic E-state index is 0.0849. The summed E-state index contributed by atoms with van der Waals surface area (Å²) in [5, 5.41) is 8.19. The van der Waals surface area contributed by atoms with E-state index in [0.29, 0.717) is 30.9 Å². The van der Waals surface area contributed by atoms with Gasteiger partial charge in [-0.2, -0.15) is 5.10 Å². The molecule has 2 amide bonds. The predicted molar refractivity (Wildman–Crippen MR) is 87.7 cm³/mol. The molecule has 2 aliphatic heterocycles. The Hall–Kier alpha value is -2.71. The third-order valence-electron chi connectivity index (χ3n) is 4.21. The molecule has 9 nitrogen and oxygen atoms in total. The van der Waals surface area contributed by atoms with E-state index in [1.54, 1.807) is 13.2 Å². The highest BCUT2D eigenvalue weighted by Crippen LogP contribution is 2.15. The predicted octanol–water partition coefficient (Wildman–Crippen LogP) is -0.537. The van der Waals surface area contributed by atoms with Crippen LogP contribution >= 0.6 is 0 Å². The van der Waals surface area contributed by atoms with Crippen LogP contribution in [0.5, 0.6) is 0 Å². The summed E-state index contributed by atoms with van der Waals surface area (Å²) in [7, 11) is 1.55. The molecule has 2 N–H and O–H groups in total. The largest absolute Gasteiger partial charge is 0.350 e. The molecule has 128 valence electrons. The molecule has 1 aromatic heterocycles. The number of carbonyl (C=O) groups excluding carboxylic acids is 2. The van der Waals surface area contributed by atoms with Crippen molar-refractivity contribution >= 4 is 23.3 Å². The quantitative estimate of drug-likeness (QED) is 0.772. The summed E-state index contributed by atoms with van der Waals surface area (Å²) in [6, 6.07) is -0.0849. The van der Waals surface area contributed by atoms with Gasteiger partial charge in [0.05, 0.1) is 0 Å². The van der Waals surface area contributed by atoms with Crippen LogP contribution in [-0.2, 0) is 9.59 Å². The molecule has 0 aliphatic carbocycles. The zero-order chi connectivity index (χ0) is 17.1. The lowest BCUT2D eigenvalue weighted by Gasteiger charge is -2.33. The summed E-state index contributed by atoms with van der Waals surface area (Å²) in [4.78, 5) is 44.2. The Morgan fingerprint density at radius 1 is 1.38 bits per heavy atom. The number of aromatic amines is 1. The molecule has 0 unspecified atom stereocenters. The van der Waals surface area contributed by atoms with Crippen LogP contribution < -0.4 is 15.8 Å². The summed E-state index contributed by atoms with van der Waals surface area (Å²) < 4.78 is 0. The van der Waals surface area contributed by atoms with E-state index in [1.807, 2.05) is 4.90 Å². The van der Waals surface area contributed by atoms with Crippen LogP contribution in [0, 0.1) is 0 Å². The Bertz CT molecular complexity index is 728. The number of rotatable bonds is 3. The van der Waals surface area contributed by atoms with Gasteiger partial charge in [-0.15, -0.1) is 0 Å². The van der Waals surface area contributed by atoms with Crippen LogP contribution in [0.4, 0.5) is 5.82 Å². The van der Waals surface area contributed by atoms with Crippen molar-refractivity contribution in [3.63, 3.8) is 0 Å². The number of anilines is 1. The van der Waals surface area contributed by atoms with Gasteiger partial charge in [-0.25, -0.2) is 9.99 Å². The maximum absolute atomic E-state index is 12.3. The molecule has 1 fully saturated rings. The molecule has 2 aliphatic rings. The second-order valence-electron chi connectivity index (χ2n) is 5.96. The first kappa shape index (κ1) is 16.2. The average molecular weight is 332 g/mol. The van der Waals surface area contributed by atoms with Gasteiger partial charge in [0.1, 0.15) is 5.71 Å². The van der Waals surface area contributed by atoms with Gasteiger partial charge in [-0.1, -0.05) is 0 Å². The van der Waals surface area contributed by atoms with Gasteiger partial charge in [0, 0.05) is 51.4 Å². The number of H-pyrrole nitrogens is 1. The molecule has 0 radical (unpaired) electrons. The minimum Gasteiger partial charge on any atom is -0.350 e. The zero-order valence-electron chi connectivity index (χ0n) is 13.5. The summed E-state index contributed by atoms with van der Waals surface area (Å²) >= 11 is 0. The summed E-state index contributed by atoms with van der Waals surface area (Å²) in [6.45, 7) is 1.25. The van der Waals surface area contributed by atoms with Gasteiger partial charge in [0.25, 0.3) is 11.5 Å². The average Bonchev–Trinajstić information content (AvgIpc) is 2.58. The van der Waals surface area contributed by atoms with Crippen molar-refractivity contribution in [1.29, 1.82) is 0 Å². The highest BCUT2D eigenvalue weighted by Gasteiger charge is 2.27. The SMILES string of the molecule is CN1N=C(C(=O)N[C@H]2CCCN(c3ncc[nH]c3=O)C2)CCC1=O. The van der Waals surface area contributed by atoms with E-state index in [9.17, 15) is 14.4 Å². The van der Waals surface area contributed by atoms with Crippen LogP contribution in [0.15, 0.2) is 22.3 Å². The lowest BCUT2D eigenvalue weighted by molar-refractivity contribution is -0.130. The van der Waals surface area contributed by atoms with Gasteiger partial charge in [-0.05, 0) is 12.8 Å². The maximum atomic E-state index is 12.3. The van der Waals surface area contributed by atoms with Crippen LogP contribution in [0.1, 0.15) is 25.7 Å². The number of carbonyl (C=O) groups is 2. The molecular weight excluding hydrogens is 312 g/mol. The number of piperidine rings is 1. The number of nitrogens with one attached hydrogen (secondary N) is 2. The van der Waals surface area contributed by atoms with Gasteiger partial charge in [0.15, 0.2) is 5.82 Å². The van der Waals surface area contributed by atoms with E-state index in [-0.39, 0.29) is 23.4 Å². The first-order chi connectivity index (χ1) is 11.5. The summed E-state index contributed by atoms with van der Waals surface area (Å²) in [5.74, 6) is 0.0256. The van der Waals surface area contributed by atoms with Crippen LogP contribution in [0.2, 0.25) is 0 Å². The van der Waals surface area contributed by atoms with E-state index >= 15 is 0 Å². The first-order valence-electron chi connectivity index (χ1n) is 7.98. The third-order valence-corrected chi connectivity index (χ3v) is 4.21. The Morgan fingerprint density at radius 3 is 2.96 bits per heavy atom. The van der Waals surface area contributed by atoms with Gasteiger partial charge < -0.3 is 15.2 Å². The molecule has 3 heterocycles. The fourth-order valence-corrected chi connectivity index (χ4v) is 2.96. The van der Waals surface area contributed by atoms with E-state index in [1.165, 1.54) is 11.2 Å². The van der Waals surface area contributed by atoms with E-state index < -0.39 is 0 Å². The van der Waals surface area contributed by atoms with E-state index in [0.717, 1.165) is 19.4 Å². The summed E-state index contributed by atoms with van der Waals surface area (Å²) in [6.07, 6.45) is 5.37. The van der Waals surface area contributed by atoms with Gasteiger partial charge in [-0.3, -0.25) is 14.4 Å².